The summed E-state index contributed by atoms with van der Waals surface area (Å²) in [6.45, 7) is 9.71. The second-order valence-corrected chi connectivity index (χ2v) is 7.02. The summed E-state index contributed by atoms with van der Waals surface area (Å²) < 4.78 is 5.37. The molecule has 0 aromatic heterocycles. The van der Waals surface area contributed by atoms with E-state index in [2.05, 4.69) is 12.2 Å². The average Bonchev–Trinajstić information content (AvgIpc) is 2.30. The predicted molar refractivity (Wildman–Crippen MR) is 75.9 cm³/mol. The highest BCUT2D eigenvalue weighted by atomic mass is 16.6. The predicted octanol–water partition coefficient (Wildman–Crippen LogP) is 2.25. The Morgan fingerprint density at radius 2 is 1.95 bits per heavy atom. The lowest BCUT2D eigenvalue weighted by atomic mass is 9.77. The molecule has 1 rings (SSSR count). The van der Waals surface area contributed by atoms with Crippen molar-refractivity contribution < 1.29 is 14.6 Å². The molecule has 1 atom stereocenters. The highest BCUT2D eigenvalue weighted by Gasteiger charge is 2.36. The number of hydrogen-bond donors (Lipinski definition) is 2. The Balaban J connectivity index is 2.58. The molecule has 1 aliphatic rings. The first-order valence-corrected chi connectivity index (χ1v) is 7.29. The molecule has 112 valence electrons. The standard InChI is InChI=1S/C15H29NO3/c1-11-6-8-15(10-17,9-7-11)16-12(2)13(18)19-14(3,4)5/h11-12,16-17H,6-10H2,1-5H3. The van der Waals surface area contributed by atoms with Crippen LogP contribution in [0.4, 0.5) is 0 Å². The van der Waals surface area contributed by atoms with Crippen molar-refractivity contribution in [2.24, 2.45) is 5.92 Å². The molecule has 0 aromatic carbocycles. The highest BCUT2D eigenvalue weighted by molar-refractivity contribution is 5.75. The SMILES string of the molecule is CC1CCC(CO)(NC(C)C(=O)OC(C)(C)C)CC1. The maximum absolute atomic E-state index is 12.0. The van der Waals surface area contributed by atoms with Gasteiger partial charge in [0, 0.05) is 5.54 Å². The van der Waals surface area contributed by atoms with E-state index in [9.17, 15) is 9.90 Å². The van der Waals surface area contributed by atoms with Gasteiger partial charge in [-0.15, -0.1) is 0 Å². The van der Waals surface area contributed by atoms with Gasteiger partial charge >= 0.3 is 5.97 Å². The number of ether oxygens (including phenoxy) is 1. The molecule has 0 spiro atoms. The van der Waals surface area contributed by atoms with Gasteiger partial charge < -0.3 is 9.84 Å². The molecule has 4 nitrogen and oxygen atoms in total. The van der Waals surface area contributed by atoms with Gasteiger partial charge in [-0.05, 0) is 59.3 Å². The number of hydrogen-bond acceptors (Lipinski definition) is 4. The Labute approximate surface area is 116 Å². The van der Waals surface area contributed by atoms with Crippen LogP contribution >= 0.6 is 0 Å². The summed E-state index contributed by atoms with van der Waals surface area (Å²) in [6, 6.07) is -0.389. The van der Waals surface area contributed by atoms with Crippen LogP contribution in [0.15, 0.2) is 0 Å². The van der Waals surface area contributed by atoms with Crippen molar-refractivity contribution in [2.45, 2.75) is 77.5 Å². The summed E-state index contributed by atoms with van der Waals surface area (Å²) in [5.41, 5.74) is -0.788. The van der Waals surface area contributed by atoms with Crippen molar-refractivity contribution in [1.82, 2.24) is 5.32 Å². The van der Waals surface area contributed by atoms with E-state index < -0.39 is 5.60 Å². The fourth-order valence-electron chi connectivity index (χ4n) is 2.57. The summed E-state index contributed by atoms with van der Waals surface area (Å²) in [5.74, 6) is 0.456. The monoisotopic (exact) mass is 271 g/mol. The molecule has 4 heteroatoms. The van der Waals surface area contributed by atoms with Gasteiger partial charge in [0.15, 0.2) is 0 Å². The number of rotatable bonds is 4. The van der Waals surface area contributed by atoms with Crippen molar-refractivity contribution in [1.29, 1.82) is 0 Å². The molecule has 0 radical (unpaired) electrons. The molecule has 1 saturated carbocycles. The van der Waals surface area contributed by atoms with Gasteiger partial charge in [-0.2, -0.15) is 0 Å². The first-order valence-electron chi connectivity index (χ1n) is 7.29. The van der Waals surface area contributed by atoms with Gasteiger partial charge in [-0.25, -0.2) is 0 Å². The lowest BCUT2D eigenvalue weighted by molar-refractivity contribution is -0.158. The van der Waals surface area contributed by atoms with Gasteiger partial charge in [0.25, 0.3) is 0 Å². The third-order valence-corrected chi connectivity index (χ3v) is 3.82. The normalized spacial score (nSPS) is 29.9. The van der Waals surface area contributed by atoms with E-state index in [0.29, 0.717) is 5.92 Å². The summed E-state index contributed by atoms with van der Waals surface area (Å²) in [6.07, 6.45) is 4.01. The van der Waals surface area contributed by atoms with Gasteiger partial charge in [0.2, 0.25) is 0 Å². The average molecular weight is 271 g/mol. The van der Waals surface area contributed by atoms with Gasteiger partial charge in [-0.3, -0.25) is 10.1 Å². The van der Waals surface area contributed by atoms with Crippen LogP contribution in [0.25, 0.3) is 0 Å². The molecule has 1 unspecified atom stereocenters. The summed E-state index contributed by atoms with van der Waals surface area (Å²) in [7, 11) is 0. The largest absolute Gasteiger partial charge is 0.459 e. The quantitative estimate of drug-likeness (QED) is 0.770. The molecule has 0 amide bonds. The van der Waals surface area contributed by atoms with Crippen LogP contribution < -0.4 is 5.32 Å². The summed E-state index contributed by atoms with van der Waals surface area (Å²) >= 11 is 0. The number of esters is 1. The number of carbonyl (C=O) groups is 1. The zero-order chi connectivity index (χ0) is 14.7. The van der Waals surface area contributed by atoms with E-state index in [1.807, 2.05) is 27.7 Å². The Kier molecular flexibility index (Phi) is 5.39. The second-order valence-electron chi connectivity index (χ2n) is 7.02. The van der Waals surface area contributed by atoms with Gasteiger partial charge in [0.05, 0.1) is 6.61 Å². The maximum atomic E-state index is 12.0. The second kappa shape index (κ2) is 6.23. The third-order valence-electron chi connectivity index (χ3n) is 3.82. The van der Waals surface area contributed by atoms with Crippen molar-refractivity contribution in [3.63, 3.8) is 0 Å². The topological polar surface area (TPSA) is 58.6 Å². The zero-order valence-electron chi connectivity index (χ0n) is 13.0. The van der Waals surface area contributed by atoms with E-state index in [4.69, 9.17) is 4.74 Å². The molecule has 1 aliphatic carbocycles. The molecule has 0 heterocycles. The zero-order valence-corrected chi connectivity index (χ0v) is 13.0. The molecule has 1 fully saturated rings. The molecular formula is C15H29NO3. The first kappa shape index (κ1) is 16.4. The van der Waals surface area contributed by atoms with E-state index in [1.54, 1.807) is 0 Å². The van der Waals surface area contributed by atoms with Crippen LogP contribution in [-0.2, 0) is 9.53 Å². The van der Waals surface area contributed by atoms with E-state index in [0.717, 1.165) is 25.7 Å². The highest BCUT2D eigenvalue weighted by Crippen LogP contribution is 2.32. The van der Waals surface area contributed by atoms with Crippen LogP contribution in [0.1, 0.15) is 60.3 Å². The first-order chi connectivity index (χ1) is 8.67. The molecule has 0 saturated heterocycles. The molecule has 0 aliphatic heterocycles. The van der Waals surface area contributed by atoms with Crippen molar-refractivity contribution >= 4 is 5.97 Å². The number of nitrogens with one attached hydrogen (secondary N) is 1. The lowest BCUT2D eigenvalue weighted by Crippen LogP contribution is -2.56. The van der Waals surface area contributed by atoms with Crippen LogP contribution in [0.5, 0.6) is 0 Å². The van der Waals surface area contributed by atoms with Crippen molar-refractivity contribution in [3.05, 3.63) is 0 Å². The van der Waals surface area contributed by atoms with E-state index >= 15 is 0 Å². The minimum Gasteiger partial charge on any atom is -0.459 e. The molecule has 0 aromatic rings. The van der Waals surface area contributed by atoms with Crippen LogP contribution in [0, 0.1) is 5.92 Å². The van der Waals surface area contributed by atoms with Gasteiger partial charge in [0.1, 0.15) is 11.6 Å². The fourth-order valence-corrected chi connectivity index (χ4v) is 2.57. The Morgan fingerprint density at radius 3 is 2.37 bits per heavy atom. The third kappa shape index (κ3) is 5.11. The van der Waals surface area contributed by atoms with E-state index in [-0.39, 0.29) is 24.2 Å². The Hall–Kier alpha value is -0.610. The molecule has 19 heavy (non-hydrogen) atoms. The lowest BCUT2D eigenvalue weighted by Gasteiger charge is -2.40. The van der Waals surface area contributed by atoms with E-state index in [1.165, 1.54) is 0 Å². The van der Waals surface area contributed by atoms with Crippen LogP contribution in [0.2, 0.25) is 0 Å². The van der Waals surface area contributed by atoms with Crippen molar-refractivity contribution in [2.75, 3.05) is 6.61 Å². The molecular weight excluding hydrogens is 242 g/mol. The number of aliphatic hydroxyl groups excluding tert-OH is 1. The fraction of sp³-hybridized carbons (Fsp3) is 0.933. The summed E-state index contributed by atoms with van der Waals surface area (Å²) in [4.78, 5) is 12.0. The summed E-state index contributed by atoms with van der Waals surface area (Å²) in [5, 5.41) is 13.0. The number of aliphatic hydroxyl groups is 1. The smallest absolute Gasteiger partial charge is 0.323 e. The number of carbonyl (C=O) groups excluding carboxylic acids is 1. The minimum atomic E-state index is -0.472. The Bertz CT molecular complexity index is 301. The minimum absolute atomic E-state index is 0.0762. The maximum Gasteiger partial charge on any atom is 0.323 e. The van der Waals surface area contributed by atoms with Crippen LogP contribution in [-0.4, -0.2) is 34.9 Å². The van der Waals surface area contributed by atoms with Crippen LogP contribution in [0.3, 0.4) is 0 Å². The van der Waals surface area contributed by atoms with Crippen molar-refractivity contribution in [3.8, 4) is 0 Å². The van der Waals surface area contributed by atoms with Gasteiger partial charge in [-0.1, -0.05) is 6.92 Å². The molecule has 0 bridgehead atoms. The molecule has 2 N–H and O–H groups in total. The Morgan fingerprint density at radius 1 is 1.42 bits per heavy atom.